The second-order valence-corrected chi connectivity index (χ2v) is 2.59. The van der Waals surface area contributed by atoms with Gasteiger partial charge in [-0.3, -0.25) is 0 Å². The van der Waals surface area contributed by atoms with E-state index in [2.05, 4.69) is 5.43 Å². The summed E-state index contributed by atoms with van der Waals surface area (Å²) in [6.07, 6.45) is 1.42. The third-order valence-corrected chi connectivity index (χ3v) is 1.02. The molecule has 0 amide bonds. The first kappa shape index (κ1) is 11.0. The van der Waals surface area contributed by atoms with Gasteiger partial charge in [0.15, 0.2) is 0 Å². The van der Waals surface area contributed by atoms with Crippen molar-refractivity contribution in [3.05, 3.63) is 11.8 Å². The number of hydrogen-bond donors (Lipinski definition) is 1. The molecule has 0 rings (SSSR count). The van der Waals surface area contributed by atoms with Crippen LogP contribution in [0.2, 0.25) is 0 Å². The van der Waals surface area contributed by atoms with Crippen LogP contribution in [-0.4, -0.2) is 31.7 Å². The zero-order valence-corrected chi connectivity index (χ0v) is 8.05. The molecule has 0 unspecified atom stereocenters. The van der Waals surface area contributed by atoms with Gasteiger partial charge in [-0.2, -0.15) is 0 Å². The lowest BCUT2D eigenvalue weighted by Crippen LogP contribution is -2.29. The van der Waals surface area contributed by atoms with Gasteiger partial charge in [0.05, 0.1) is 6.61 Å². The topological polar surface area (TPSA) is 41.6 Å². The van der Waals surface area contributed by atoms with Crippen molar-refractivity contribution in [2.75, 3.05) is 20.7 Å². The predicted molar refractivity (Wildman–Crippen MR) is 47.2 cm³/mol. The number of hydrazine groups is 1. The van der Waals surface area contributed by atoms with Gasteiger partial charge in [-0.05, 0) is 13.8 Å². The van der Waals surface area contributed by atoms with E-state index in [1.807, 2.05) is 14.1 Å². The summed E-state index contributed by atoms with van der Waals surface area (Å²) in [5.74, 6) is -0.315. The van der Waals surface area contributed by atoms with Gasteiger partial charge in [-0.25, -0.2) is 9.80 Å². The number of nitrogens with one attached hydrogen (secondary N) is 1. The summed E-state index contributed by atoms with van der Waals surface area (Å²) >= 11 is 0. The minimum absolute atomic E-state index is 0.315. The average molecular weight is 172 g/mol. The van der Waals surface area contributed by atoms with Gasteiger partial charge in [0.25, 0.3) is 0 Å². The van der Waals surface area contributed by atoms with Gasteiger partial charge in [0.2, 0.25) is 0 Å². The lowest BCUT2D eigenvalue weighted by Gasteiger charge is -2.12. The van der Waals surface area contributed by atoms with E-state index < -0.39 is 0 Å². The molecular weight excluding hydrogens is 156 g/mol. The number of carbonyl (C=O) groups excluding carboxylic acids is 1. The van der Waals surface area contributed by atoms with E-state index in [1.54, 1.807) is 18.9 Å². The van der Waals surface area contributed by atoms with Gasteiger partial charge in [0, 0.05) is 25.9 Å². The Bertz CT molecular complexity index is 176. The van der Waals surface area contributed by atoms with E-state index in [4.69, 9.17) is 4.74 Å². The second-order valence-electron chi connectivity index (χ2n) is 2.59. The third-order valence-electron chi connectivity index (χ3n) is 1.02. The van der Waals surface area contributed by atoms with Crippen molar-refractivity contribution in [2.45, 2.75) is 13.8 Å². The van der Waals surface area contributed by atoms with E-state index in [9.17, 15) is 4.79 Å². The maximum atomic E-state index is 10.9. The summed E-state index contributed by atoms with van der Waals surface area (Å²) < 4.78 is 4.72. The molecule has 1 N–H and O–H groups in total. The Morgan fingerprint density at radius 3 is 2.58 bits per heavy atom. The van der Waals surface area contributed by atoms with Crippen LogP contribution in [0.3, 0.4) is 0 Å². The first-order valence-electron chi connectivity index (χ1n) is 3.85. The van der Waals surface area contributed by atoms with E-state index in [-0.39, 0.29) is 5.97 Å². The van der Waals surface area contributed by atoms with E-state index >= 15 is 0 Å². The summed E-state index contributed by atoms with van der Waals surface area (Å²) in [6, 6.07) is 0. The molecule has 70 valence electrons. The van der Waals surface area contributed by atoms with Crippen molar-refractivity contribution in [3.63, 3.8) is 0 Å². The van der Waals surface area contributed by atoms with Gasteiger partial charge in [-0.1, -0.05) is 0 Å². The molecule has 0 aromatic heterocycles. The highest BCUT2D eigenvalue weighted by Crippen LogP contribution is 1.89. The monoisotopic (exact) mass is 172 g/mol. The number of allylic oxidation sites excluding steroid dienone is 1. The van der Waals surface area contributed by atoms with Gasteiger partial charge < -0.3 is 10.2 Å². The molecule has 0 bridgehead atoms. The maximum Gasteiger partial charge on any atom is 0.332 e. The molecule has 0 atom stereocenters. The largest absolute Gasteiger partial charge is 0.463 e. The highest BCUT2D eigenvalue weighted by molar-refractivity contribution is 5.82. The standard InChI is InChI=1S/C8H16N2O2/c1-5-12-8(11)6-7(2)9-10(3)4/h6,9H,5H2,1-4H3/b7-6+. The number of esters is 1. The highest BCUT2D eigenvalue weighted by Gasteiger charge is 1.97. The van der Waals surface area contributed by atoms with Gasteiger partial charge in [-0.15, -0.1) is 0 Å². The van der Waals surface area contributed by atoms with Crippen molar-refractivity contribution in [1.29, 1.82) is 0 Å². The van der Waals surface area contributed by atoms with Crippen LogP contribution in [0.1, 0.15) is 13.8 Å². The normalized spacial score (nSPS) is 11.6. The number of ether oxygens (including phenoxy) is 1. The quantitative estimate of drug-likeness (QED) is 0.381. The van der Waals surface area contributed by atoms with Crippen LogP contribution in [0.4, 0.5) is 0 Å². The fourth-order valence-corrected chi connectivity index (χ4v) is 0.746. The average Bonchev–Trinajstić information content (AvgIpc) is 1.84. The molecule has 0 aliphatic carbocycles. The Balaban J connectivity index is 3.89. The lowest BCUT2D eigenvalue weighted by molar-refractivity contribution is -0.137. The molecule has 0 saturated carbocycles. The lowest BCUT2D eigenvalue weighted by atomic mass is 10.4. The van der Waals surface area contributed by atoms with Crippen LogP contribution in [0.15, 0.2) is 11.8 Å². The number of carbonyl (C=O) groups is 1. The van der Waals surface area contributed by atoms with Crippen LogP contribution in [0, 0.1) is 0 Å². The molecule has 0 aromatic rings. The van der Waals surface area contributed by atoms with Gasteiger partial charge >= 0.3 is 5.97 Å². The van der Waals surface area contributed by atoms with Crippen molar-refractivity contribution >= 4 is 5.97 Å². The molecule has 0 heterocycles. The van der Waals surface area contributed by atoms with Crippen molar-refractivity contribution in [1.82, 2.24) is 10.4 Å². The Morgan fingerprint density at radius 2 is 2.17 bits per heavy atom. The molecule has 0 aromatic carbocycles. The third kappa shape index (κ3) is 5.73. The fourth-order valence-electron chi connectivity index (χ4n) is 0.746. The summed E-state index contributed by atoms with van der Waals surface area (Å²) in [7, 11) is 3.70. The van der Waals surface area contributed by atoms with E-state index in [0.717, 1.165) is 5.70 Å². The summed E-state index contributed by atoms with van der Waals surface area (Å²) in [5.41, 5.74) is 3.69. The molecule has 12 heavy (non-hydrogen) atoms. The predicted octanol–water partition coefficient (Wildman–Crippen LogP) is 0.520. The van der Waals surface area contributed by atoms with Crippen molar-refractivity contribution in [3.8, 4) is 0 Å². The zero-order valence-electron chi connectivity index (χ0n) is 8.05. The Hall–Kier alpha value is -1.03. The highest BCUT2D eigenvalue weighted by atomic mass is 16.5. The van der Waals surface area contributed by atoms with Crippen LogP contribution in [0.5, 0.6) is 0 Å². The summed E-state index contributed by atoms with van der Waals surface area (Å²) in [4.78, 5) is 10.9. The number of rotatable bonds is 4. The Kier molecular flexibility index (Phi) is 5.12. The molecule has 4 heteroatoms. The smallest absolute Gasteiger partial charge is 0.332 e. The minimum atomic E-state index is -0.315. The van der Waals surface area contributed by atoms with E-state index in [0.29, 0.717) is 6.61 Å². The summed E-state index contributed by atoms with van der Waals surface area (Å²) in [5, 5.41) is 1.76. The molecular formula is C8H16N2O2. The summed E-state index contributed by atoms with van der Waals surface area (Å²) in [6.45, 7) is 3.99. The zero-order chi connectivity index (χ0) is 9.56. The molecule has 0 aliphatic heterocycles. The molecule has 4 nitrogen and oxygen atoms in total. The van der Waals surface area contributed by atoms with Crippen molar-refractivity contribution in [2.24, 2.45) is 0 Å². The first-order valence-corrected chi connectivity index (χ1v) is 3.85. The molecule has 0 saturated heterocycles. The molecule has 0 spiro atoms. The number of hydrogen-bond acceptors (Lipinski definition) is 4. The fraction of sp³-hybridized carbons (Fsp3) is 0.625. The van der Waals surface area contributed by atoms with Crippen LogP contribution in [-0.2, 0) is 9.53 Å². The van der Waals surface area contributed by atoms with E-state index in [1.165, 1.54) is 6.08 Å². The van der Waals surface area contributed by atoms with Crippen LogP contribution >= 0.6 is 0 Å². The minimum Gasteiger partial charge on any atom is -0.463 e. The first-order chi connectivity index (χ1) is 5.56. The molecule has 0 fully saturated rings. The van der Waals surface area contributed by atoms with Crippen LogP contribution < -0.4 is 5.43 Å². The molecule has 0 aliphatic rings. The Labute approximate surface area is 73.2 Å². The Morgan fingerprint density at radius 1 is 1.58 bits per heavy atom. The van der Waals surface area contributed by atoms with Gasteiger partial charge in [0.1, 0.15) is 0 Å². The van der Waals surface area contributed by atoms with Crippen LogP contribution in [0.25, 0.3) is 0 Å². The maximum absolute atomic E-state index is 10.9. The molecule has 0 radical (unpaired) electrons. The van der Waals surface area contributed by atoms with Crippen molar-refractivity contribution < 1.29 is 9.53 Å². The number of nitrogens with zero attached hydrogens (tertiary/aromatic N) is 1. The second kappa shape index (κ2) is 5.60. The SMILES string of the molecule is CCOC(=O)/C=C(\C)NN(C)C.